The Morgan fingerprint density at radius 1 is 1.35 bits per heavy atom. The quantitative estimate of drug-likeness (QED) is 0.747. The van der Waals surface area contributed by atoms with Crippen molar-refractivity contribution in [2.24, 2.45) is 0 Å². The number of rotatable bonds is 4. The molecule has 23 heavy (non-hydrogen) atoms. The second-order valence-corrected chi connectivity index (χ2v) is 5.87. The summed E-state index contributed by atoms with van der Waals surface area (Å²) >= 11 is 0. The number of nitrogens with zero attached hydrogens (tertiary/aromatic N) is 1. The molecule has 1 aliphatic heterocycles. The lowest BCUT2D eigenvalue weighted by Gasteiger charge is -2.20. The van der Waals surface area contributed by atoms with Crippen LogP contribution in [0, 0.1) is 0 Å². The largest absolute Gasteiger partial charge is 0.336 e. The molecule has 1 atom stereocenters. The Bertz CT molecular complexity index is 614. The summed E-state index contributed by atoms with van der Waals surface area (Å²) in [4.78, 5) is 25.6. The van der Waals surface area contributed by atoms with E-state index in [4.69, 9.17) is 0 Å². The van der Waals surface area contributed by atoms with E-state index in [0.29, 0.717) is 19.6 Å². The molecule has 1 saturated heterocycles. The average molecular weight is 314 g/mol. The first-order valence-electron chi connectivity index (χ1n) is 8.07. The summed E-state index contributed by atoms with van der Waals surface area (Å²) in [7, 11) is 0. The average Bonchev–Trinajstić information content (AvgIpc) is 2.95. The van der Waals surface area contributed by atoms with Crippen molar-refractivity contribution in [3.05, 3.63) is 42.0 Å². The van der Waals surface area contributed by atoms with Gasteiger partial charge in [-0.25, -0.2) is 9.59 Å². The Morgan fingerprint density at radius 3 is 2.96 bits per heavy atom. The third-order valence-corrected chi connectivity index (χ3v) is 4.14. The standard InChI is InChI=1S/C17H22N4O2/c22-16(19-14-7-2-1-3-8-14)20-15-9-5-4-6-13(15)12-21-11-10-18-17(21)23/h2,4-7,9,14H,1,3,8,10-12H2,(H,18,23)(H2,19,20,22)/t14-/m1/s1. The van der Waals surface area contributed by atoms with E-state index in [1.54, 1.807) is 4.90 Å². The summed E-state index contributed by atoms with van der Waals surface area (Å²) in [6, 6.07) is 7.41. The molecule has 2 aliphatic rings. The second kappa shape index (κ2) is 7.17. The molecule has 6 nitrogen and oxygen atoms in total. The molecule has 0 unspecified atom stereocenters. The van der Waals surface area contributed by atoms with Crippen molar-refractivity contribution in [2.75, 3.05) is 18.4 Å². The highest BCUT2D eigenvalue weighted by molar-refractivity contribution is 5.90. The number of amides is 4. The smallest absolute Gasteiger partial charge is 0.319 e. The van der Waals surface area contributed by atoms with E-state index >= 15 is 0 Å². The SMILES string of the molecule is O=C(Nc1ccccc1CN1CCNC1=O)N[C@@H]1C=CCCC1. The number of para-hydroxylation sites is 1. The van der Waals surface area contributed by atoms with E-state index in [9.17, 15) is 9.59 Å². The first-order chi connectivity index (χ1) is 11.2. The molecule has 1 heterocycles. The molecule has 3 N–H and O–H groups in total. The Kier molecular flexibility index (Phi) is 4.80. The van der Waals surface area contributed by atoms with Gasteiger partial charge in [0.15, 0.2) is 0 Å². The summed E-state index contributed by atoms with van der Waals surface area (Å²) in [6.07, 6.45) is 7.31. The maximum atomic E-state index is 12.2. The van der Waals surface area contributed by atoms with Gasteiger partial charge in [0.2, 0.25) is 0 Å². The number of carbonyl (C=O) groups is 2. The molecule has 4 amide bonds. The fraction of sp³-hybridized carbons (Fsp3) is 0.412. The van der Waals surface area contributed by atoms with E-state index in [0.717, 1.165) is 30.5 Å². The zero-order valence-corrected chi connectivity index (χ0v) is 13.0. The predicted molar refractivity (Wildman–Crippen MR) is 89.2 cm³/mol. The molecule has 6 heteroatoms. The lowest BCUT2D eigenvalue weighted by Crippen LogP contribution is -2.37. The van der Waals surface area contributed by atoms with Gasteiger partial charge in [-0.05, 0) is 30.9 Å². The zero-order chi connectivity index (χ0) is 16.1. The minimum absolute atomic E-state index is 0.0587. The topological polar surface area (TPSA) is 73.5 Å². The van der Waals surface area contributed by atoms with Crippen LogP contribution in [0.2, 0.25) is 0 Å². The molecular weight excluding hydrogens is 292 g/mol. The van der Waals surface area contributed by atoms with Gasteiger partial charge in [-0.3, -0.25) is 0 Å². The van der Waals surface area contributed by atoms with Gasteiger partial charge in [0.1, 0.15) is 0 Å². The van der Waals surface area contributed by atoms with Gasteiger partial charge in [-0.2, -0.15) is 0 Å². The third-order valence-electron chi connectivity index (χ3n) is 4.14. The van der Waals surface area contributed by atoms with Gasteiger partial charge in [0, 0.05) is 31.4 Å². The van der Waals surface area contributed by atoms with E-state index in [1.807, 2.05) is 30.3 Å². The van der Waals surface area contributed by atoms with Crippen molar-refractivity contribution in [2.45, 2.75) is 31.8 Å². The fourth-order valence-corrected chi connectivity index (χ4v) is 2.91. The maximum absolute atomic E-state index is 12.2. The zero-order valence-electron chi connectivity index (χ0n) is 13.0. The second-order valence-electron chi connectivity index (χ2n) is 5.87. The van der Waals surface area contributed by atoms with Crippen LogP contribution >= 0.6 is 0 Å². The number of carbonyl (C=O) groups excluding carboxylic acids is 2. The summed E-state index contributed by atoms with van der Waals surface area (Å²) in [5.74, 6) is 0. The molecular formula is C17H22N4O2. The van der Waals surface area contributed by atoms with Crippen LogP contribution in [0.3, 0.4) is 0 Å². The monoisotopic (exact) mass is 314 g/mol. The van der Waals surface area contributed by atoms with Crippen molar-refractivity contribution >= 4 is 17.7 Å². The number of benzene rings is 1. The van der Waals surface area contributed by atoms with Crippen molar-refractivity contribution in [1.82, 2.24) is 15.5 Å². The minimum atomic E-state index is -0.208. The van der Waals surface area contributed by atoms with Gasteiger partial charge in [0.05, 0.1) is 0 Å². The highest BCUT2D eigenvalue weighted by Crippen LogP contribution is 2.18. The maximum Gasteiger partial charge on any atom is 0.319 e. The van der Waals surface area contributed by atoms with E-state index in [2.05, 4.69) is 22.0 Å². The molecule has 1 aromatic rings. The number of nitrogens with one attached hydrogen (secondary N) is 3. The molecule has 3 rings (SSSR count). The minimum Gasteiger partial charge on any atom is -0.336 e. The van der Waals surface area contributed by atoms with Crippen LogP contribution < -0.4 is 16.0 Å². The molecule has 1 aliphatic carbocycles. The number of urea groups is 2. The summed E-state index contributed by atoms with van der Waals surface area (Å²) < 4.78 is 0. The molecule has 1 aromatic carbocycles. The number of hydrogen-bond acceptors (Lipinski definition) is 2. The normalized spacial score (nSPS) is 20.3. The third kappa shape index (κ3) is 4.03. The first-order valence-corrected chi connectivity index (χ1v) is 8.07. The van der Waals surface area contributed by atoms with Crippen LogP contribution in [0.15, 0.2) is 36.4 Å². The summed E-state index contributed by atoms with van der Waals surface area (Å²) in [5, 5.41) is 8.66. The van der Waals surface area contributed by atoms with Gasteiger partial charge >= 0.3 is 12.1 Å². The molecule has 1 fully saturated rings. The van der Waals surface area contributed by atoms with Crippen LogP contribution in [0.1, 0.15) is 24.8 Å². The number of hydrogen-bond donors (Lipinski definition) is 3. The Labute approximate surface area is 135 Å². The predicted octanol–water partition coefficient (Wildman–Crippen LogP) is 2.44. The van der Waals surface area contributed by atoms with Crippen LogP contribution in [-0.2, 0) is 6.54 Å². The highest BCUT2D eigenvalue weighted by atomic mass is 16.2. The molecule has 0 aromatic heterocycles. The van der Waals surface area contributed by atoms with Crippen LogP contribution in [-0.4, -0.2) is 36.1 Å². The van der Waals surface area contributed by atoms with Gasteiger partial charge < -0.3 is 20.9 Å². The highest BCUT2D eigenvalue weighted by Gasteiger charge is 2.21. The van der Waals surface area contributed by atoms with Crippen molar-refractivity contribution in [1.29, 1.82) is 0 Å². The fourth-order valence-electron chi connectivity index (χ4n) is 2.91. The summed E-state index contributed by atoms with van der Waals surface area (Å²) in [6.45, 7) is 1.85. The van der Waals surface area contributed by atoms with Crippen LogP contribution in [0.4, 0.5) is 15.3 Å². The lowest BCUT2D eigenvalue weighted by molar-refractivity contribution is 0.215. The number of allylic oxidation sites excluding steroid dienone is 1. The molecule has 122 valence electrons. The molecule has 0 radical (unpaired) electrons. The van der Waals surface area contributed by atoms with Crippen molar-refractivity contribution in [3.63, 3.8) is 0 Å². The Balaban J connectivity index is 1.62. The van der Waals surface area contributed by atoms with Crippen LogP contribution in [0.25, 0.3) is 0 Å². The molecule has 0 spiro atoms. The Morgan fingerprint density at radius 2 is 2.22 bits per heavy atom. The van der Waals surface area contributed by atoms with Gasteiger partial charge in [-0.15, -0.1) is 0 Å². The first kappa shape index (κ1) is 15.4. The molecule has 0 saturated carbocycles. The van der Waals surface area contributed by atoms with Crippen molar-refractivity contribution in [3.8, 4) is 0 Å². The van der Waals surface area contributed by atoms with Gasteiger partial charge in [0.25, 0.3) is 0 Å². The lowest BCUT2D eigenvalue weighted by atomic mass is 10.0. The Hall–Kier alpha value is -2.50. The van der Waals surface area contributed by atoms with E-state index in [1.165, 1.54) is 0 Å². The number of anilines is 1. The van der Waals surface area contributed by atoms with E-state index in [-0.39, 0.29) is 18.1 Å². The van der Waals surface area contributed by atoms with Crippen LogP contribution in [0.5, 0.6) is 0 Å². The summed E-state index contributed by atoms with van der Waals surface area (Å²) in [5.41, 5.74) is 1.67. The van der Waals surface area contributed by atoms with E-state index < -0.39 is 0 Å². The molecule has 0 bridgehead atoms. The van der Waals surface area contributed by atoms with Crippen molar-refractivity contribution < 1.29 is 9.59 Å². The van der Waals surface area contributed by atoms with Gasteiger partial charge in [-0.1, -0.05) is 30.4 Å².